The van der Waals surface area contributed by atoms with Crippen molar-refractivity contribution >= 4 is 16.9 Å². The van der Waals surface area contributed by atoms with Gasteiger partial charge in [-0.15, -0.1) is 0 Å². The molecule has 0 saturated heterocycles. The fraction of sp³-hybridized carbons (Fsp3) is 0.462. The van der Waals surface area contributed by atoms with Crippen LogP contribution in [-0.2, 0) is 6.42 Å². The van der Waals surface area contributed by atoms with E-state index in [0.29, 0.717) is 12.1 Å². The maximum atomic E-state index is 4.69. The Bertz CT molecular complexity index is 359. The van der Waals surface area contributed by atoms with Gasteiger partial charge in [-0.05, 0) is 25.8 Å². The number of benzene rings is 1. The molecule has 1 aromatic carbocycles. The lowest BCUT2D eigenvalue weighted by atomic mass is 10.1. The SMILES string of the molecule is CC(C)NC1=NC(Cc2ccccc2)CS1. The van der Waals surface area contributed by atoms with Gasteiger partial charge in [-0.2, -0.15) is 0 Å². The molecule has 0 aromatic heterocycles. The van der Waals surface area contributed by atoms with Crippen molar-refractivity contribution in [2.24, 2.45) is 4.99 Å². The first-order chi connectivity index (χ1) is 7.74. The standard InChI is InChI=1S/C13H18N2S/c1-10(2)14-13-15-12(9-16-13)8-11-6-4-3-5-7-11/h3-7,10,12H,8-9H2,1-2H3,(H,14,15). The zero-order chi connectivity index (χ0) is 11.4. The Kier molecular flexibility index (Phi) is 3.88. The van der Waals surface area contributed by atoms with Crippen LogP contribution in [-0.4, -0.2) is 23.0 Å². The van der Waals surface area contributed by atoms with E-state index < -0.39 is 0 Å². The molecule has 1 heterocycles. The van der Waals surface area contributed by atoms with Crippen LogP contribution in [0.2, 0.25) is 0 Å². The van der Waals surface area contributed by atoms with Gasteiger partial charge in [-0.1, -0.05) is 42.1 Å². The molecule has 0 amide bonds. The van der Waals surface area contributed by atoms with Crippen molar-refractivity contribution in [2.75, 3.05) is 5.75 Å². The van der Waals surface area contributed by atoms with Crippen LogP contribution >= 0.6 is 11.8 Å². The second kappa shape index (κ2) is 5.39. The first-order valence-electron chi connectivity index (χ1n) is 5.75. The maximum Gasteiger partial charge on any atom is 0.157 e. The Labute approximate surface area is 102 Å². The van der Waals surface area contributed by atoms with Gasteiger partial charge in [0.15, 0.2) is 5.17 Å². The molecule has 0 fully saturated rings. The summed E-state index contributed by atoms with van der Waals surface area (Å²) < 4.78 is 0. The van der Waals surface area contributed by atoms with Gasteiger partial charge in [-0.3, -0.25) is 4.99 Å². The van der Waals surface area contributed by atoms with Gasteiger partial charge in [0.1, 0.15) is 0 Å². The summed E-state index contributed by atoms with van der Waals surface area (Å²) in [7, 11) is 0. The van der Waals surface area contributed by atoms with Gasteiger partial charge >= 0.3 is 0 Å². The summed E-state index contributed by atoms with van der Waals surface area (Å²) in [6.07, 6.45) is 1.05. The fourth-order valence-corrected chi connectivity index (χ4v) is 2.82. The highest BCUT2D eigenvalue weighted by atomic mass is 32.2. The van der Waals surface area contributed by atoms with Crippen LogP contribution in [0.1, 0.15) is 19.4 Å². The van der Waals surface area contributed by atoms with E-state index in [2.05, 4.69) is 49.5 Å². The monoisotopic (exact) mass is 234 g/mol. The van der Waals surface area contributed by atoms with E-state index in [1.165, 1.54) is 5.56 Å². The van der Waals surface area contributed by atoms with Gasteiger partial charge in [0.2, 0.25) is 0 Å². The maximum absolute atomic E-state index is 4.69. The molecule has 3 heteroatoms. The number of nitrogens with zero attached hydrogens (tertiary/aromatic N) is 1. The molecule has 2 rings (SSSR count). The fourth-order valence-electron chi connectivity index (χ4n) is 1.73. The first kappa shape index (κ1) is 11.5. The Balaban J connectivity index is 1.91. The largest absolute Gasteiger partial charge is 0.363 e. The van der Waals surface area contributed by atoms with E-state index >= 15 is 0 Å². The summed E-state index contributed by atoms with van der Waals surface area (Å²) in [5, 5.41) is 4.48. The quantitative estimate of drug-likeness (QED) is 0.869. The highest BCUT2D eigenvalue weighted by Gasteiger charge is 2.18. The van der Waals surface area contributed by atoms with Crippen molar-refractivity contribution in [1.29, 1.82) is 0 Å². The van der Waals surface area contributed by atoms with E-state index in [-0.39, 0.29) is 0 Å². The van der Waals surface area contributed by atoms with Gasteiger partial charge in [-0.25, -0.2) is 0 Å². The van der Waals surface area contributed by atoms with Crippen molar-refractivity contribution < 1.29 is 0 Å². The molecule has 1 aliphatic rings. The summed E-state index contributed by atoms with van der Waals surface area (Å²) in [5.41, 5.74) is 1.38. The van der Waals surface area contributed by atoms with Crippen LogP contribution in [0.15, 0.2) is 35.3 Å². The third-order valence-corrected chi connectivity index (χ3v) is 3.49. The van der Waals surface area contributed by atoms with E-state index in [1.807, 2.05) is 11.8 Å². The van der Waals surface area contributed by atoms with Crippen molar-refractivity contribution in [3.05, 3.63) is 35.9 Å². The number of nitrogens with one attached hydrogen (secondary N) is 1. The zero-order valence-corrected chi connectivity index (χ0v) is 10.6. The molecule has 0 bridgehead atoms. The molecule has 0 spiro atoms. The molecule has 1 unspecified atom stereocenters. The van der Waals surface area contributed by atoms with Crippen molar-refractivity contribution in [1.82, 2.24) is 5.32 Å². The molecule has 0 aliphatic carbocycles. The molecular weight excluding hydrogens is 216 g/mol. The average molecular weight is 234 g/mol. The predicted octanol–water partition coefficient (Wildman–Crippen LogP) is 2.70. The van der Waals surface area contributed by atoms with Crippen LogP contribution in [0, 0.1) is 0 Å². The van der Waals surface area contributed by atoms with Gasteiger partial charge < -0.3 is 5.32 Å². The molecule has 2 nitrogen and oxygen atoms in total. The van der Waals surface area contributed by atoms with E-state index in [4.69, 9.17) is 4.99 Å². The molecule has 16 heavy (non-hydrogen) atoms. The van der Waals surface area contributed by atoms with E-state index in [1.54, 1.807) is 0 Å². The molecule has 0 saturated carbocycles. The number of rotatable bonds is 3. The van der Waals surface area contributed by atoms with Crippen molar-refractivity contribution in [3.63, 3.8) is 0 Å². The zero-order valence-electron chi connectivity index (χ0n) is 9.81. The second-order valence-electron chi connectivity index (χ2n) is 4.39. The van der Waals surface area contributed by atoms with Gasteiger partial charge in [0, 0.05) is 11.8 Å². The van der Waals surface area contributed by atoms with Crippen molar-refractivity contribution in [3.8, 4) is 0 Å². The van der Waals surface area contributed by atoms with Crippen LogP contribution in [0.3, 0.4) is 0 Å². The van der Waals surface area contributed by atoms with Crippen LogP contribution < -0.4 is 5.32 Å². The summed E-state index contributed by atoms with van der Waals surface area (Å²) >= 11 is 1.84. The Morgan fingerprint density at radius 3 is 2.81 bits per heavy atom. The summed E-state index contributed by atoms with van der Waals surface area (Å²) in [6, 6.07) is 11.5. The Hall–Kier alpha value is -0.960. The van der Waals surface area contributed by atoms with Crippen molar-refractivity contribution in [2.45, 2.75) is 32.4 Å². The summed E-state index contributed by atoms with van der Waals surface area (Å²) in [4.78, 5) is 4.69. The predicted molar refractivity (Wildman–Crippen MR) is 72.1 cm³/mol. The lowest BCUT2D eigenvalue weighted by Gasteiger charge is -2.07. The number of thioether (sulfide) groups is 1. The van der Waals surface area contributed by atoms with Crippen LogP contribution in [0.5, 0.6) is 0 Å². The minimum atomic E-state index is 0.439. The topological polar surface area (TPSA) is 24.4 Å². The number of aliphatic imine (C=N–C) groups is 1. The highest BCUT2D eigenvalue weighted by molar-refractivity contribution is 8.14. The highest BCUT2D eigenvalue weighted by Crippen LogP contribution is 2.20. The van der Waals surface area contributed by atoms with E-state index in [9.17, 15) is 0 Å². The number of amidine groups is 1. The minimum Gasteiger partial charge on any atom is -0.363 e. The lowest BCUT2D eigenvalue weighted by molar-refractivity contribution is 0.720. The van der Waals surface area contributed by atoms with Crippen LogP contribution in [0.25, 0.3) is 0 Å². The molecule has 1 aliphatic heterocycles. The number of hydrogen-bond donors (Lipinski definition) is 1. The first-order valence-corrected chi connectivity index (χ1v) is 6.73. The summed E-state index contributed by atoms with van der Waals surface area (Å²) in [5.74, 6) is 1.10. The molecular formula is C13H18N2S. The summed E-state index contributed by atoms with van der Waals surface area (Å²) in [6.45, 7) is 4.29. The third-order valence-electron chi connectivity index (χ3n) is 2.44. The smallest absolute Gasteiger partial charge is 0.157 e. The molecule has 1 N–H and O–H groups in total. The molecule has 86 valence electrons. The van der Waals surface area contributed by atoms with Gasteiger partial charge in [0.25, 0.3) is 0 Å². The average Bonchev–Trinajstić information content (AvgIpc) is 2.66. The molecule has 1 atom stereocenters. The normalized spacial score (nSPS) is 19.9. The lowest BCUT2D eigenvalue weighted by Crippen LogP contribution is -2.26. The third kappa shape index (κ3) is 3.27. The number of hydrogen-bond acceptors (Lipinski definition) is 3. The minimum absolute atomic E-state index is 0.439. The Morgan fingerprint density at radius 2 is 2.12 bits per heavy atom. The van der Waals surface area contributed by atoms with Crippen LogP contribution in [0.4, 0.5) is 0 Å². The second-order valence-corrected chi connectivity index (χ2v) is 5.40. The molecule has 0 radical (unpaired) electrons. The molecule has 1 aromatic rings. The Morgan fingerprint density at radius 1 is 1.38 bits per heavy atom. The van der Waals surface area contributed by atoms with Gasteiger partial charge in [0.05, 0.1) is 6.04 Å². The van der Waals surface area contributed by atoms with E-state index in [0.717, 1.165) is 17.3 Å².